The van der Waals surface area contributed by atoms with Gasteiger partial charge in [0.15, 0.2) is 0 Å². The smallest absolute Gasteiger partial charge is 0.374 e. The van der Waals surface area contributed by atoms with Gasteiger partial charge in [-0.2, -0.15) is 0 Å². The fourth-order valence-electron chi connectivity index (χ4n) is 1.47. The van der Waals surface area contributed by atoms with Crippen molar-refractivity contribution >= 4 is 18.6 Å². The van der Waals surface area contributed by atoms with Gasteiger partial charge in [-0.15, -0.1) is 0 Å². The molecule has 7 heteroatoms. The van der Waals surface area contributed by atoms with Gasteiger partial charge in [0.25, 0.3) is 5.88 Å². The minimum atomic E-state index is -3.79. The molecule has 1 unspecified atom stereocenters. The number of para-hydroxylation sites is 2. The number of hydrogen-bond donors (Lipinski definition) is 1. The van der Waals surface area contributed by atoms with Crippen molar-refractivity contribution in [1.82, 2.24) is 9.55 Å². The molecule has 0 radical (unpaired) electrons. The number of aromatic nitrogens is 2. The summed E-state index contributed by atoms with van der Waals surface area (Å²) in [6.07, 6.45) is 0. The molecule has 0 fully saturated rings. The maximum absolute atomic E-state index is 11.8. The molecule has 0 saturated heterocycles. The Morgan fingerprint density at radius 3 is 2.71 bits per heavy atom. The number of fused-ring (bicyclic) bond motifs is 1. The zero-order chi connectivity index (χ0) is 12.6. The van der Waals surface area contributed by atoms with Gasteiger partial charge in [0.05, 0.1) is 11.0 Å². The summed E-state index contributed by atoms with van der Waals surface area (Å²) in [6.45, 7) is 1.00. The van der Waals surface area contributed by atoms with E-state index in [0.29, 0.717) is 11.0 Å². The second-order valence-electron chi connectivity index (χ2n) is 3.66. The van der Waals surface area contributed by atoms with Crippen LogP contribution in [0.15, 0.2) is 29.1 Å². The lowest BCUT2D eigenvalue weighted by Gasteiger charge is -2.10. The van der Waals surface area contributed by atoms with E-state index < -0.39 is 13.2 Å². The average Bonchev–Trinajstić information content (AvgIpc) is 2.24. The summed E-state index contributed by atoms with van der Waals surface area (Å²) in [6, 6.07) is 6.96. The van der Waals surface area contributed by atoms with Crippen LogP contribution in [0.5, 0.6) is 5.88 Å². The largest absolute Gasteiger partial charge is 0.400 e. The van der Waals surface area contributed by atoms with Crippen molar-refractivity contribution in [2.75, 3.05) is 6.66 Å². The third kappa shape index (κ3) is 2.38. The van der Waals surface area contributed by atoms with Crippen LogP contribution in [0.4, 0.5) is 0 Å². The summed E-state index contributed by atoms with van der Waals surface area (Å²) < 4.78 is 17.1. The molecule has 1 atom stereocenters. The molecule has 1 aromatic heterocycles. The highest BCUT2D eigenvalue weighted by Crippen LogP contribution is 2.36. The van der Waals surface area contributed by atoms with Crippen LogP contribution in [0.2, 0.25) is 0 Å². The van der Waals surface area contributed by atoms with E-state index in [9.17, 15) is 9.36 Å². The first-order chi connectivity index (χ1) is 7.88. The van der Waals surface area contributed by atoms with Crippen LogP contribution >= 0.6 is 7.60 Å². The Bertz CT molecular complexity index is 674. The normalized spacial score (nSPS) is 14.5. The highest BCUT2D eigenvalue weighted by atomic mass is 31.2. The maximum atomic E-state index is 11.8. The molecule has 0 amide bonds. The minimum absolute atomic E-state index is 0.362. The molecule has 0 aliphatic heterocycles. The van der Waals surface area contributed by atoms with Crippen LogP contribution in [0.25, 0.3) is 11.0 Å². The minimum Gasteiger partial charge on any atom is -0.400 e. The van der Waals surface area contributed by atoms with E-state index in [2.05, 4.69) is 9.51 Å². The van der Waals surface area contributed by atoms with Crippen LogP contribution in [-0.2, 0) is 11.6 Å². The lowest BCUT2D eigenvalue weighted by molar-refractivity contribution is 0.378. The van der Waals surface area contributed by atoms with Gasteiger partial charge in [-0.25, -0.2) is 9.55 Å². The molecule has 1 aromatic carbocycles. The van der Waals surface area contributed by atoms with Crippen molar-refractivity contribution in [3.63, 3.8) is 0 Å². The summed E-state index contributed by atoms with van der Waals surface area (Å²) in [5.74, 6) is -0.362. The summed E-state index contributed by atoms with van der Waals surface area (Å²) in [5, 5.41) is 0. The van der Waals surface area contributed by atoms with Gasteiger partial charge in [0.1, 0.15) is 0 Å². The Morgan fingerprint density at radius 2 is 2.06 bits per heavy atom. The summed E-state index contributed by atoms with van der Waals surface area (Å²) in [5.41, 5.74) is 0.617. The number of rotatable bonds is 2. The highest BCUT2D eigenvalue weighted by Gasteiger charge is 2.17. The van der Waals surface area contributed by atoms with E-state index >= 15 is 0 Å². The molecule has 17 heavy (non-hydrogen) atoms. The van der Waals surface area contributed by atoms with Crippen molar-refractivity contribution in [3.8, 4) is 5.88 Å². The summed E-state index contributed by atoms with van der Waals surface area (Å²) in [4.78, 5) is 24.8. The predicted molar refractivity (Wildman–Crippen MR) is 63.4 cm³/mol. The molecule has 90 valence electrons. The third-order valence-corrected chi connectivity index (χ3v) is 2.72. The first-order valence-corrected chi connectivity index (χ1v) is 6.86. The zero-order valence-corrected chi connectivity index (χ0v) is 10.2. The molecular weight excluding hydrogens is 243 g/mol. The highest BCUT2D eigenvalue weighted by molar-refractivity contribution is 7.52. The van der Waals surface area contributed by atoms with E-state index in [1.54, 1.807) is 31.3 Å². The maximum Gasteiger partial charge on any atom is 0.374 e. The van der Waals surface area contributed by atoms with Crippen molar-refractivity contribution in [2.45, 2.75) is 0 Å². The van der Waals surface area contributed by atoms with E-state index in [0.717, 1.165) is 6.66 Å². The number of hydrogen-bond acceptors (Lipinski definition) is 4. The molecule has 6 nitrogen and oxygen atoms in total. The first kappa shape index (κ1) is 11.8. The lowest BCUT2D eigenvalue weighted by atomic mass is 10.3. The van der Waals surface area contributed by atoms with Crippen molar-refractivity contribution in [1.29, 1.82) is 0 Å². The Morgan fingerprint density at radius 1 is 1.41 bits per heavy atom. The molecular formula is C10H11N2O4P. The Kier molecular flexibility index (Phi) is 2.77. The SMILES string of the molecule is Cn1c(=O)c(OP(C)(=O)O)nc2ccccc21. The average molecular weight is 254 g/mol. The summed E-state index contributed by atoms with van der Waals surface area (Å²) in [7, 11) is -2.24. The zero-order valence-electron chi connectivity index (χ0n) is 9.32. The topological polar surface area (TPSA) is 81.4 Å². The molecule has 2 rings (SSSR count). The Balaban J connectivity index is 2.70. The van der Waals surface area contributed by atoms with Crippen molar-refractivity contribution in [3.05, 3.63) is 34.6 Å². The number of aryl methyl sites for hydroxylation is 1. The van der Waals surface area contributed by atoms with Gasteiger partial charge in [-0.3, -0.25) is 4.79 Å². The molecule has 0 bridgehead atoms. The van der Waals surface area contributed by atoms with Crippen LogP contribution in [0, 0.1) is 0 Å². The standard InChI is InChI=1S/C10H11N2O4P/c1-12-8-6-4-3-5-7(8)11-9(10(12)13)16-17(2,14)15/h3-6H,1-2H3,(H,14,15). The Hall–Kier alpha value is -1.65. The van der Waals surface area contributed by atoms with E-state index in [4.69, 9.17) is 4.89 Å². The van der Waals surface area contributed by atoms with Gasteiger partial charge in [0.2, 0.25) is 0 Å². The van der Waals surface area contributed by atoms with Gasteiger partial charge in [-0.05, 0) is 12.1 Å². The predicted octanol–water partition coefficient (Wildman–Crippen LogP) is 1.13. The number of benzene rings is 1. The Labute approximate surface area is 97.0 Å². The van der Waals surface area contributed by atoms with E-state index in [-0.39, 0.29) is 5.88 Å². The van der Waals surface area contributed by atoms with Gasteiger partial charge in [-0.1, -0.05) is 12.1 Å². The lowest BCUT2D eigenvalue weighted by Crippen LogP contribution is -2.20. The van der Waals surface area contributed by atoms with Crippen LogP contribution in [-0.4, -0.2) is 21.1 Å². The van der Waals surface area contributed by atoms with Crippen molar-refractivity contribution in [2.24, 2.45) is 7.05 Å². The van der Waals surface area contributed by atoms with Crippen LogP contribution in [0.1, 0.15) is 0 Å². The monoisotopic (exact) mass is 254 g/mol. The van der Waals surface area contributed by atoms with Crippen LogP contribution in [0.3, 0.4) is 0 Å². The van der Waals surface area contributed by atoms with Gasteiger partial charge < -0.3 is 14.0 Å². The molecule has 1 N–H and O–H groups in total. The molecule has 0 aliphatic rings. The van der Waals surface area contributed by atoms with E-state index in [1.807, 2.05) is 0 Å². The second kappa shape index (κ2) is 3.98. The molecule has 0 spiro atoms. The summed E-state index contributed by atoms with van der Waals surface area (Å²) >= 11 is 0. The first-order valence-electron chi connectivity index (χ1n) is 4.84. The molecule has 2 aromatic rings. The quantitative estimate of drug-likeness (QED) is 0.812. The third-order valence-electron chi connectivity index (χ3n) is 2.21. The van der Waals surface area contributed by atoms with E-state index in [1.165, 1.54) is 4.57 Å². The van der Waals surface area contributed by atoms with Crippen LogP contribution < -0.4 is 10.1 Å². The fraction of sp³-hybridized carbons (Fsp3) is 0.200. The number of nitrogens with zero attached hydrogens (tertiary/aromatic N) is 2. The van der Waals surface area contributed by atoms with Crippen molar-refractivity contribution < 1.29 is 14.0 Å². The van der Waals surface area contributed by atoms with Gasteiger partial charge in [0, 0.05) is 13.7 Å². The molecule has 1 heterocycles. The van der Waals surface area contributed by atoms with Gasteiger partial charge >= 0.3 is 13.2 Å². The fourth-order valence-corrected chi connectivity index (χ4v) is 1.91. The molecule has 0 aliphatic carbocycles. The molecule has 0 saturated carbocycles. The second-order valence-corrected chi connectivity index (χ2v) is 5.45.